The molecule has 0 bridgehead atoms. The number of carbonyl (C=O) groups is 2. The molecule has 1 fully saturated rings. The maximum absolute atomic E-state index is 12.2. The predicted molar refractivity (Wildman–Crippen MR) is 73.7 cm³/mol. The number of hydrogen-bond acceptors (Lipinski definition) is 2. The first kappa shape index (κ1) is 13.3. The number of amides is 1. The minimum Gasteiger partial charge on any atom is -0.332 e. The van der Waals surface area contributed by atoms with Gasteiger partial charge in [0.05, 0.1) is 17.8 Å². The first-order chi connectivity index (χ1) is 8.72. The van der Waals surface area contributed by atoms with Gasteiger partial charge in [-0.25, -0.2) is 0 Å². The fraction of sp³-hybridized carbons (Fsp3) is 0.429. The number of nitrogens with zero attached hydrogens (tertiary/aromatic N) is 1. The van der Waals surface area contributed by atoms with Crippen LogP contribution in [0.1, 0.15) is 18.4 Å². The summed E-state index contributed by atoms with van der Waals surface area (Å²) < 4.78 is 0. The zero-order valence-corrected chi connectivity index (χ0v) is 11.7. The van der Waals surface area contributed by atoms with E-state index in [4.69, 9.17) is 0 Å². The summed E-state index contributed by atoms with van der Waals surface area (Å²) in [6.07, 6.45) is 2.10. The molecule has 1 aromatic carbocycles. The minimum atomic E-state index is -0.222. The number of ketones is 1. The third-order valence-electron chi connectivity index (χ3n) is 3.27. The highest BCUT2D eigenvalue weighted by Crippen LogP contribution is 2.20. The number of hydrogen-bond donors (Lipinski definition) is 0. The average Bonchev–Trinajstić information content (AvgIpc) is 2.88. The third-order valence-corrected chi connectivity index (χ3v) is 3.83. The number of Topliss-reactive ketones (excluding diaryl/α,β-unsaturated/α-hetero) is 1. The lowest BCUT2D eigenvalue weighted by Gasteiger charge is -2.23. The Labute approximate surface area is 115 Å². The highest BCUT2D eigenvalue weighted by atomic mass is 79.9. The van der Waals surface area contributed by atoms with Gasteiger partial charge in [-0.2, -0.15) is 0 Å². The van der Waals surface area contributed by atoms with Gasteiger partial charge in [-0.1, -0.05) is 46.3 Å². The largest absolute Gasteiger partial charge is 0.332 e. The van der Waals surface area contributed by atoms with Crippen LogP contribution >= 0.6 is 15.9 Å². The second-order valence-corrected chi connectivity index (χ2v) is 5.07. The van der Waals surface area contributed by atoms with Crippen molar-refractivity contribution in [2.75, 3.05) is 11.9 Å². The lowest BCUT2D eigenvalue weighted by molar-refractivity contribution is -0.136. The van der Waals surface area contributed by atoms with Gasteiger partial charge in [0.25, 0.3) is 0 Å². The Kier molecular flexibility index (Phi) is 4.53. The van der Waals surface area contributed by atoms with Crippen molar-refractivity contribution in [2.24, 2.45) is 0 Å². The molecule has 1 atom stereocenters. The van der Waals surface area contributed by atoms with E-state index in [1.54, 1.807) is 4.90 Å². The summed E-state index contributed by atoms with van der Waals surface area (Å²) in [6, 6.07) is 9.44. The fourth-order valence-corrected chi connectivity index (χ4v) is 2.73. The number of carbonyl (C=O) groups excluding carboxylic acids is 2. The summed E-state index contributed by atoms with van der Waals surface area (Å²) in [6.45, 7) is 0.703. The van der Waals surface area contributed by atoms with Crippen LogP contribution < -0.4 is 0 Å². The Hall–Kier alpha value is -1.16. The number of benzene rings is 1. The summed E-state index contributed by atoms with van der Waals surface area (Å²) in [5.74, 6) is 0.159. The zero-order valence-electron chi connectivity index (χ0n) is 10.1. The van der Waals surface area contributed by atoms with Gasteiger partial charge >= 0.3 is 0 Å². The predicted octanol–water partition coefficient (Wildman–Crippen LogP) is 2.18. The van der Waals surface area contributed by atoms with Crippen molar-refractivity contribution in [3.63, 3.8) is 0 Å². The highest BCUT2D eigenvalue weighted by Gasteiger charge is 2.32. The highest BCUT2D eigenvalue weighted by molar-refractivity contribution is 9.09. The SMILES string of the molecule is O=C(CBr)C1CCCN1C(=O)Cc1ccccc1. The number of alkyl halides is 1. The van der Waals surface area contributed by atoms with E-state index in [1.165, 1.54) is 0 Å². The Balaban J connectivity index is 2.02. The van der Waals surface area contributed by atoms with Crippen LogP contribution in [0, 0.1) is 0 Å². The summed E-state index contributed by atoms with van der Waals surface area (Å²) in [5, 5.41) is 0.326. The van der Waals surface area contributed by atoms with Crippen LogP contribution in [0.4, 0.5) is 0 Å². The third kappa shape index (κ3) is 2.99. The number of rotatable bonds is 4. The molecule has 0 spiro atoms. The zero-order chi connectivity index (χ0) is 13.0. The molecule has 4 heteroatoms. The average molecular weight is 310 g/mol. The molecule has 0 saturated carbocycles. The molecule has 0 N–H and O–H groups in total. The van der Waals surface area contributed by atoms with Gasteiger partial charge in [0.15, 0.2) is 5.78 Å². The van der Waals surface area contributed by atoms with Crippen molar-refractivity contribution in [1.82, 2.24) is 4.90 Å². The van der Waals surface area contributed by atoms with Gasteiger partial charge in [-0.15, -0.1) is 0 Å². The van der Waals surface area contributed by atoms with E-state index in [9.17, 15) is 9.59 Å². The van der Waals surface area contributed by atoms with E-state index in [1.807, 2.05) is 30.3 Å². The van der Waals surface area contributed by atoms with Crippen molar-refractivity contribution in [2.45, 2.75) is 25.3 Å². The Morgan fingerprint density at radius 1 is 1.28 bits per heavy atom. The van der Waals surface area contributed by atoms with E-state index in [-0.39, 0.29) is 17.7 Å². The van der Waals surface area contributed by atoms with Gasteiger partial charge in [-0.05, 0) is 18.4 Å². The minimum absolute atomic E-state index is 0.0537. The van der Waals surface area contributed by atoms with Crippen LogP contribution in [0.15, 0.2) is 30.3 Å². The summed E-state index contributed by atoms with van der Waals surface area (Å²) in [5.41, 5.74) is 0.999. The molecule has 2 rings (SSSR count). The molecule has 96 valence electrons. The lowest BCUT2D eigenvalue weighted by atomic mass is 10.1. The summed E-state index contributed by atoms with van der Waals surface area (Å²) >= 11 is 3.18. The first-order valence-corrected chi connectivity index (χ1v) is 7.26. The normalized spacial score (nSPS) is 18.9. The molecule has 1 heterocycles. The number of halogens is 1. The van der Waals surface area contributed by atoms with Crippen molar-refractivity contribution >= 4 is 27.6 Å². The van der Waals surface area contributed by atoms with Crippen LogP contribution in [0.5, 0.6) is 0 Å². The van der Waals surface area contributed by atoms with Crippen LogP contribution in [0.3, 0.4) is 0 Å². The first-order valence-electron chi connectivity index (χ1n) is 6.14. The molecule has 18 heavy (non-hydrogen) atoms. The standard InChI is InChI=1S/C14H16BrNO2/c15-10-13(17)12-7-4-8-16(12)14(18)9-11-5-2-1-3-6-11/h1-3,5-6,12H,4,7-10H2. The monoisotopic (exact) mass is 309 g/mol. The molecular formula is C14H16BrNO2. The smallest absolute Gasteiger partial charge is 0.227 e. The molecule has 0 aliphatic carbocycles. The molecular weight excluding hydrogens is 294 g/mol. The quantitative estimate of drug-likeness (QED) is 0.800. The Morgan fingerprint density at radius 2 is 2.00 bits per heavy atom. The van der Waals surface area contributed by atoms with Gasteiger partial charge in [0, 0.05) is 6.54 Å². The maximum atomic E-state index is 12.2. The van der Waals surface area contributed by atoms with Crippen molar-refractivity contribution in [1.29, 1.82) is 0 Å². The van der Waals surface area contributed by atoms with Crippen LogP contribution in [0.2, 0.25) is 0 Å². The van der Waals surface area contributed by atoms with Crippen molar-refractivity contribution in [3.05, 3.63) is 35.9 Å². The molecule has 1 unspecified atom stereocenters. The molecule has 0 aromatic heterocycles. The van der Waals surface area contributed by atoms with Crippen LogP contribution in [-0.4, -0.2) is 34.5 Å². The van der Waals surface area contributed by atoms with Gasteiger partial charge in [0.2, 0.25) is 5.91 Å². The van der Waals surface area contributed by atoms with Crippen LogP contribution in [0.25, 0.3) is 0 Å². The molecule has 1 aliphatic rings. The Bertz CT molecular complexity index is 433. The number of likely N-dealkylation sites (tertiary alicyclic amines) is 1. The molecule has 1 aliphatic heterocycles. The Morgan fingerprint density at radius 3 is 2.67 bits per heavy atom. The van der Waals surface area contributed by atoms with E-state index in [2.05, 4.69) is 15.9 Å². The second kappa shape index (κ2) is 6.14. The van der Waals surface area contributed by atoms with Gasteiger partial charge in [0.1, 0.15) is 0 Å². The summed E-state index contributed by atoms with van der Waals surface area (Å²) in [4.78, 5) is 25.7. The molecule has 1 saturated heterocycles. The van der Waals surface area contributed by atoms with Gasteiger partial charge < -0.3 is 4.90 Å². The van der Waals surface area contributed by atoms with E-state index < -0.39 is 0 Å². The van der Waals surface area contributed by atoms with E-state index in [0.29, 0.717) is 18.3 Å². The van der Waals surface area contributed by atoms with E-state index in [0.717, 1.165) is 18.4 Å². The topological polar surface area (TPSA) is 37.4 Å². The maximum Gasteiger partial charge on any atom is 0.227 e. The lowest BCUT2D eigenvalue weighted by Crippen LogP contribution is -2.41. The van der Waals surface area contributed by atoms with Crippen LogP contribution in [-0.2, 0) is 16.0 Å². The van der Waals surface area contributed by atoms with E-state index >= 15 is 0 Å². The summed E-state index contributed by atoms with van der Waals surface area (Å²) in [7, 11) is 0. The molecule has 1 aromatic rings. The molecule has 0 radical (unpaired) electrons. The fourth-order valence-electron chi connectivity index (χ4n) is 2.36. The van der Waals surface area contributed by atoms with Crippen molar-refractivity contribution < 1.29 is 9.59 Å². The molecule has 3 nitrogen and oxygen atoms in total. The molecule has 1 amide bonds. The van der Waals surface area contributed by atoms with Crippen molar-refractivity contribution in [3.8, 4) is 0 Å². The second-order valence-electron chi connectivity index (χ2n) is 4.51. The van der Waals surface area contributed by atoms with Gasteiger partial charge in [-0.3, -0.25) is 9.59 Å².